The molecule has 1 aliphatic rings. The molecule has 0 amide bonds. The van der Waals surface area contributed by atoms with E-state index in [1.807, 2.05) is 20.8 Å². The van der Waals surface area contributed by atoms with Crippen molar-refractivity contribution in [3.05, 3.63) is 0 Å². The molecular weight excluding hydrogens is 152 g/mol. The fourth-order valence-electron chi connectivity index (χ4n) is 1.71. The van der Waals surface area contributed by atoms with Crippen molar-refractivity contribution in [2.45, 2.75) is 65.0 Å². The highest BCUT2D eigenvalue weighted by atomic mass is 16.7. The molecule has 1 aliphatic carbocycles. The van der Waals surface area contributed by atoms with E-state index in [0.717, 1.165) is 0 Å². The van der Waals surface area contributed by atoms with Gasteiger partial charge in [-0.25, -0.2) is 0 Å². The second-order valence-corrected chi connectivity index (χ2v) is 3.80. The fourth-order valence-corrected chi connectivity index (χ4v) is 1.71. The van der Waals surface area contributed by atoms with Crippen LogP contribution in [0.3, 0.4) is 0 Å². The lowest BCUT2D eigenvalue weighted by molar-refractivity contribution is -0.175. The minimum atomic E-state index is -0.0342. The van der Waals surface area contributed by atoms with Crippen LogP contribution in [-0.4, -0.2) is 18.5 Å². The summed E-state index contributed by atoms with van der Waals surface area (Å²) in [7, 11) is 0. The second kappa shape index (κ2) is 4.83. The Bertz CT molecular complexity index is 117. The van der Waals surface area contributed by atoms with Gasteiger partial charge in [-0.05, 0) is 33.6 Å². The van der Waals surface area contributed by atoms with Gasteiger partial charge in [0, 0.05) is 0 Å². The molecule has 1 rings (SSSR count). The summed E-state index contributed by atoms with van der Waals surface area (Å²) in [5, 5.41) is 0. The van der Waals surface area contributed by atoms with Crippen LogP contribution in [0.5, 0.6) is 0 Å². The molecule has 0 saturated heterocycles. The zero-order valence-corrected chi connectivity index (χ0v) is 8.38. The van der Waals surface area contributed by atoms with Gasteiger partial charge < -0.3 is 9.47 Å². The Morgan fingerprint density at radius 2 is 1.67 bits per heavy atom. The van der Waals surface area contributed by atoms with Gasteiger partial charge in [0.2, 0.25) is 0 Å². The molecule has 0 N–H and O–H groups in total. The van der Waals surface area contributed by atoms with E-state index in [-0.39, 0.29) is 12.4 Å². The average Bonchev–Trinajstić information content (AvgIpc) is 2.37. The summed E-state index contributed by atoms with van der Waals surface area (Å²) in [5.41, 5.74) is 0. The predicted octanol–water partition coefficient (Wildman–Crippen LogP) is 2.72. The number of rotatable bonds is 4. The minimum absolute atomic E-state index is 0.0342. The highest BCUT2D eigenvalue weighted by Crippen LogP contribution is 2.22. The lowest BCUT2D eigenvalue weighted by Gasteiger charge is -2.20. The summed E-state index contributed by atoms with van der Waals surface area (Å²) in [6.45, 7) is 6.06. The zero-order chi connectivity index (χ0) is 8.97. The van der Waals surface area contributed by atoms with E-state index in [4.69, 9.17) is 9.47 Å². The molecule has 0 radical (unpaired) electrons. The maximum Gasteiger partial charge on any atom is 0.155 e. The third-order valence-electron chi connectivity index (χ3n) is 2.15. The van der Waals surface area contributed by atoms with Gasteiger partial charge in [0.05, 0.1) is 12.2 Å². The maximum absolute atomic E-state index is 5.70. The molecule has 1 saturated carbocycles. The van der Waals surface area contributed by atoms with Gasteiger partial charge in [0.15, 0.2) is 6.29 Å². The summed E-state index contributed by atoms with van der Waals surface area (Å²) in [6, 6.07) is 0. The van der Waals surface area contributed by atoms with Gasteiger partial charge in [-0.3, -0.25) is 0 Å². The van der Waals surface area contributed by atoms with Crippen LogP contribution in [0.15, 0.2) is 0 Å². The Labute approximate surface area is 75.2 Å². The van der Waals surface area contributed by atoms with Crippen LogP contribution in [0.2, 0.25) is 0 Å². The summed E-state index contributed by atoms with van der Waals surface area (Å²) in [5.74, 6) is 0. The molecule has 2 nitrogen and oxygen atoms in total. The van der Waals surface area contributed by atoms with Gasteiger partial charge in [-0.15, -0.1) is 0 Å². The first-order valence-corrected chi connectivity index (χ1v) is 4.99. The molecule has 1 fully saturated rings. The summed E-state index contributed by atoms with van der Waals surface area (Å²) in [6.07, 6.45) is 5.75. The Balaban J connectivity index is 2.11. The first kappa shape index (κ1) is 10.0. The molecule has 1 atom stereocenters. The highest BCUT2D eigenvalue weighted by Gasteiger charge is 2.18. The first-order valence-electron chi connectivity index (χ1n) is 4.99. The zero-order valence-electron chi connectivity index (χ0n) is 8.38. The largest absolute Gasteiger partial charge is 0.350 e. The van der Waals surface area contributed by atoms with Crippen molar-refractivity contribution >= 4 is 0 Å². The van der Waals surface area contributed by atoms with Gasteiger partial charge >= 0.3 is 0 Å². The third kappa shape index (κ3) is 3.55. The van der Waals surface area contributed by atoms with Crippen molar-refractivity contribution in [1.82, 2.24) is 0 Å². The average molecular weight is 172 g/mol. The van der Waals surface area contributed by atoms with Gasteiger partial charge in [0.1, 0.15) is 0 Å². The van der Waals surface area contributed by atoms with Crippen molar-refractivity contribution in [2.24, 2.45) is 0 Å². The SMILES string of the molecule is CC(C)OC(C)OC1CCCC1. The second-order valence-electron chi connectivity index (χ2n) is 3.80. The topological polar surface area (TPSA) is 18.5 Å². The van der Waals surface area contributed by atoms with E-state index >= 15 is 0 Å². The molecule has 0 aromatic heterocycles. The smallest absolute Gasteiger partial charge is 0.155 e. The van der Waals surface area contributed by atoms with Crippen LogP contribution >= 0.6 is 0 Å². The van der Waals surface area contributed by atoms with Crippen LogP contribution in [0, 0.1) is 0 Å². The molecule has 0 heterocycles. The number of ether oxygens (including phenoxy) is 2. The lowest BCUT2D eigenvalue weighted by Crippen LogP contribution is -2.22. The van der Waals surface area contributed by atoms with Crippen molar-refractivity contribution < 1.29 is 9.47 Å². The molecule has 12 heavy (non-hydrogen) atoms. The van der Waals surface area contributed by atoms with Crippen LogP contribution in [0.25, 0.3) is 0 Å². The van der Waals surface area contributed by atoms with Crippen LogP contribution in [0.4, 0.5) is 0 Å². The summed E-state index contributed by atoms with van der Waals surface area (Å²) in [4.78, 5) is 0. The van der Waals surface area contributed by atoms with Crippen molar-refractivity contribution in [3.63, 3.8) is 0 Å². The molecule has 0 aliphatic heterocycles. The van der Waals surface area contributed by atoms with Crippen LogP contribution in [0.1, 0.15) is 46.5 Å². The van der Waals surface area contributed by atoms with Gasteiger partial charge in [0.25, 0.3) is 0 Å². The molecule has 0 aromatic rings. The normalized spacial score (nSPS) is 22.0. The Morgan fingerprint density at radius 3 is 2.17 bits per heavy atom. The number of hydrogen-bond donors (Lipinski definition) is 0. The number of hydrogen-bond acceptors (Lipinski definition) is 2. The van der Waals surface area contributed by atoms with Crippen LogP contribution < -0.4 is 0 Å². The molecule has 0 bridgehead atoms. The maximum atomic E-state index is 5.70. The monoisotopic (exact) mass is 172 g/mol. The first-order chi connectivity index (χ1) is 5.68. The van der Waals surface area contributed by atoms with E-state index in [0.29, 0.717) is 6.10 Å². The van der Waals surface area contributed by atoms with Crippen LogP contribution in [-0.2, 0) is 9.47 Å². The molecule has 1 unspecified atom stereocenters. The van der Waals surface area contributed by atoms with E-state index in [9.17, 15) is 0 Å². The molecule has 2 heteroatoms. The van der Waals surface area contributed by atoms with E-state index < -0.39 is 0 Å². The standard InChI is InChI=1S/C10H20O2/c1-8(2)11-9(3)12-10-6-4-5-7-10/h8-10H,4-7H2,1-3H3. The van der Waals surface area contributed by atoms with Gasteiger partial charge in [-0.2, -0.15) is 0 Å². The van der Waals surface area contributed by atoms with E-state index in [1.54, 1.807) is 0 Å². The molecular formula is C10H20O2. The predicted molar refractivity (Wildman–Crippen MR) is 49.0 cm³/mol. The molecule has 0 aromatic carbocycles. The van der Waals surface area contributed by atoms with E-state index in [2.05, 4.69) is 0 Å². The van der Waals surface area contributed by atoms with Gasteiger partial charge in [-0.1, -0.05) is 12.8 Å². The molecule has 0 spiro atoms. The Kier molecular flexibility index (Phi) is 4.02. The van der Waals surface area contributed by atoms with Crippen molar-refractivity contribution in [2.75, 3.05) is 0 Å². The third-order valence-corrected chi connectivity index (χ3v) is 2.15. The lowest BCUT2D eigenvalue weighted by atomic mass is 10.3. The minimum Gasteiger partial charge on any atom is -0.350 e. The fraction of sp³-hybridized carbons (Fsp3) is 1.00. The summed E-state index contributed by atoms with van der Waals surface area (Å²) >= 11 is 0. The van der Waals surface area contributed by atoms with Crippen molar-refractivity contribution in [3.8, 4) is 0 Å². The molecule has 72 valence electrons. The van der Waals surface area contributed by atoms with E-state index in [1.165, 1.54) is 25.7 Å². The van der Waals surface area contributed by atoms with Crippen molar-refractivity contribution in [1.29, 1.82) is 0 Å². The highest BCUT2D eigenvalue weighted by molar-refractivity contribution is 4.66. The summed E-state index contributed by atoms with van der Waals surface area (Å²) < 4.78 is 11.2. The quantitative estimate of drug-likeness (QED) is 0.607. The Hall–Kier alpha value is -0.0800. The Morgan fingerprint density at radius 1 is 1.08 bits per heavy atom.